The first-order valence-electron chi connectivity index (χ1n) is 7.60. The number of hydrogen-bond acceptors (Lipinski definition) is 4. The number of aliphatic hydroxyl groups excluding tert-OH is 1. The maximum atomic E-state index is 11.8. The van der Waals surface area contributed by atoms with Gasteiger partial charge in [0.05, 0.1) is 19.1 Å². The third-order valence-electron chi connectivity index (χ3n) is 3.61. The first kappa shape index (κ1) is 15.9. The van der Waals surface area contributed by atoms with Gasteiger partial charge in [0.15, 0.2) is 0 Å². The number of rotatable bonds is 7. The molecule has 0 aromatic heterocycles. The molecule has 1 aliphatic rings. The molecule has 0 atom stereocenters. The van der Waals surface area contributed by atoms with E-state index in [0.29, 0.717) is 19.4 Å². The zero-order valence-electron chi connectivity index (χ0n) is 12.3. The van der Waals surface area contributed by atoms with Crippen LogP contribution in [-0.4, -0.2) is 43.4 Å². The van der Waals surface area contributed by atoms with E-state index in [9.17, 15) is 4.79 Å². The van der Waals surface area contributed by atoms with E-state index < -0.39 is 0 Å². The number of nitrogens with one attached hydrogen (secondary N) is 2. The fourth-order valence-corrected chi connectivity index (χ4v) is 2.39. The standard InChI is InChI=1S/C16H24N2O3/c19-11-7-13-1-3-14(4-2-13)18-16(20)8-12-21-15-5-9-17-10-6-15/h1-4,15,17,19H,5-12H2,(H,18,20). The number of carbonyl (C=O) groups is 1. The lowest BCUT2D eigenvalue weighted by Crippen LogP contribution is -2.33. The van der Waals surface area contributed by atoms with E-state index >= 15 is 0 Å². The number of aliphatic hydroxyl groups is 1. The molecule has 2 rings (SSSR count). The molecule has 0 radical (unpaired) electrons. The Morgan fingerprint density at radius 3 is 2.67 bits per heavy atom. The van der Waals surface area contributed by atoms with Gasteiger partial charge in [0.2, 0.25) is 5.91 Å². The smallest absolute Gasteiger partial charge is 0.226 e. The molecule has 1 fully saturated rings. The predicted octanol–water partition coefficient (Wildman–Crippen LogP) is 1.32. The van der Waals surface area contributed by atoms with Gasteiger partial charge in [0.1, 0.15) is 0 Å². The molecular formula is C16H24N2O3. The zero-order valence-corrected chi connectivity index (χ0v) is 12.3. The van der Waals surface area contributed by atoms with Crippen molar-refractivity contribution in [3.63, 3.8) is 0 Å². The Hall–Kier alpha value is -1.43. The second kappa shape index (κ2) is 8.77. The van der Waals surface area contributed by atoms with E-state index in [1.165, 1.54) is 0 Å². The topological polar surface area (TPSA) is 70.6 Å². The number of piperidine rings is 1. The fourth-order valence-electron chi connectivity index (χ4n) is 2.39. The Labute approximate surface area is 125 Å². The lowest BCUT2D eigenvalue weighted by Gasteiger charge is -2.22. The van der Waals surface area contributed by atoms with Crippen LogP contribution < -0.4 is 10.6 Å². The van der Waals surface area contributed by atoms with Gasteiger partial charge in [0.25, 0.3) is 0 Å². The van der Waals surface area contributed by atoms with Gasteiger partial charge in [-0.25, -0.2) is 0 Å². The van der Waals surface area contributed by atoms with Gasteiger partial charge in [-0.05, 0) is 50.0 Å². The number of amides is 1. The van der Waals surface area contributed by atoms with Crippen LogP contribution in [0.5, 0.6) is 0 Å². The van der Waals surface area contributed by atoms with E-state index in [-0.39, 0.29) is 18.6 Å². The van der Waals surface area contributed by atoms with Crippen molar-refractivity contribution in [2.75, 3.05) is 31.6 Å². The minimum absolute atomic E-state index is 0.0288. The SMILES string of the molecule is O=C(CCOC1CCNCC1)Nc1ccc(CCO)cc1. The number of carbonyl (C=O) groups excluding carboxylic acids is 1. The molecule has 1 aromatic carbocycles. The van der Waals surface area contributed by atoms with Crippen molar-refractivity contribution >= 4 is 11.6 Å². The molecule has 5 nitrogen and oxygen atoms in total. The minimum atomic E-state index is -0.0288. The molecule has 1 amide bonds. The molecule has 1 aromatic rings. The third-order valence-corrected chi connectivity index (χ3v) is 3.61. The number of benzene rings is 1. The molecule has 0 saturated carbocycles. The van der Waals surface area contributed by atoms with E-state index in [4.69, 9.17) is 9.84 Å². The highest BCUT2D eigenvalue weighted by atomic mass is 16.5. The molecule has 1 heterocycles. The van der Waals surface area contributed by atoms with Crippen LogP contribution in [0, 0.1) is 0 Å². The Morgan fingerprint density at radius 2 is 2.00 bits per heavy atom. The van der Waals surface area contributed by atoms with Crippen molar-refractivity contribution in [1.29, 1.82) is 0 Å². The van der Waals surface area contributed by atoms with Crippen LogP contribution >= 0.6 is 0 Å². The van der Waals surface area contributed by atoms with Crippen LogP contribution in [0.25, 0.3) is 0 Å². The summed E-state index contributed by atoms with van der Waals surface area (Å²) in [5.41, 5.74) is 1.84. The summed E-state index contributed by atoms with van der Waals surface area (Å²) < 4.78 is 5.71. The summed E-state index contributed by atoms with van der Waals surface area (Å²) in [5.74, 6) is -0.0288. The molecule has 3 N–H and O–H groups in total. The Bertz CT molecular complexity index is 428. The first-order valence-corrected chi connectivity index (χ1v) is 7.60. The highest BCUT2D eigenvalue weighted by Gasteiger charge is 2.13. The second-order valence-corrected chi connectivity index (χ2v) is 5.29. The molecule has 1 saturated heterocycles. The van der Waals surface area contributed by atoms with Gasteiger partial charge < -0.3 is 20.5 Å². The third kappa shape index (κ3) is 5.83. The van der Waals surface area contributed by atoms with E-state index in [1.54, 1.807) is 0 Å². The minimum Gasteiger partial charge on any atom is -0.396 e. The van der Waals surface area contributed by atoms with Crippen molar-refractivity contribution in [2.45, 2.75) is 31.8 Å². The molecule has 116 valence electrons. The van der Waals surface area contributed by atoms with Gasteiger partial charge in [-0.3, -0.25) is 4.79 Å². The molecule has 0 unspecified atom stereocenters. The number of hydrogen-bond donors (Lipinski definition) is 3. The largest absolute Gasteiger partial charge is 0.396 e. The summed E-state index contributed by atoms with van der Waals surface area (Å²) in [4.78, 5) is 11.8. The van der Waals surface area contributed by atoms with Crippen LogP contribution in [0.15, 0.2) is 24.3 Å². The lowest BCUT2D eigenvalue weighted by molar-refractivity contribution is -0.117. The quantitative estimate of drug-likeness (QED) is 0.709. The van der Waals surface area contributed by atoms with Gasteiger partial charge in [0, 0.05) is 12.3 Å². The Kier molecular flexibility index (Phi) is 6.66. The lowest BCUT2D eigenvalue weighted by atomic mass is 10.1. The van der Waals surface area contributed by atoms with Gasteiger partial charge in [-0.2, -0.15) is 0 Å². The van der Waals surface area contributed by atoms with E-state index in [2.05, 4.69) is 10.6 Å². The van der Waals surface area contributed by atoms with Crippen molar-refractivity contribution in [3.8, 4) is 0 Å². The normalized spacial score (nSPS) is 15.9. The van der Waals surface area contributed by atoms with E-state index in [1.807, 2.05) is 24.3 Å². The molecule has 0 aliphatic carbocycles. The zero-order chi connectivity index (χ0) is 14.9. The molecule has 0 bridgehead atoms. The average molecular weight is 292 g/mol. The highest BCUT2D eigenvalue weighted by Crippen LogP contribution is 2.11. The fraction of sp³-hybridized carbons (Fsp3) is 0.562. The van der Waals surface area contributed by atoms with Gasteiger partial charge in [-0.15, -0.1) is 0 Å². The van der Waals surface area contributed by atoms with E-state index in [0.717, 1.165) is 37.2 Å². The second-order valence-electron chi connectivity index (χ2n) is 5.29. The van der Waals surface area contributed by atoms with Gasteiger partial charge in [-0.1, -0.05) is 12.1 Å². The van der Waals surface area contributed by atoms with Crippen LogP contribution in [0.1, 0.15) is 24.8 Å². The predicted molar refractivity (Wildman–Crippen MR) is 82.3 cm³/mol. The van der Waals surface area contributed by atoms with Crippen molar-refractivity contribution in [1.82, 2.24) is 5.32 Å². The van der Waals surface area contributed by atoms with Crippen LogP contribution in [0.4, 0.5) is 5.69 Å². The van der Waals surface area contributed by atoms with Gasteiger partial charge >= 0.3 is 0 Å². The maximum absolute atomic E-state index is 11.8. The highest BCUT2D eigenvalue weighted by molar-refractivity contribution is 5.90. The summed E-state index contributed by atoms with van der Waals surface area (Å²) in [7, 11) is 0. The molecule has 0 spiro atoms. The van der Waals surface area contributed by atoms with Crippen LogP contribution in [0.3, 0.4) is 0 Å². The summed E-state index contributed by atoms with van der Waals surface area (Å²) in [6.07, 6.45) is 3.35. The van der Waals surface area contributed by atoms with Crippen molar-refractivity contribution in [2.24, 2.45) is 0 Å². The number of ether oxygens (including phenoxy) is 1. The Morgan fingerprint density at radius 1 is 1.29 bits per heavy atom. The molecule has 21 heavy (non-hydrogen) atoms. The first-order chi connectivity index (χ1) is 10.3. The maximum Gasteiger partial charge on any atom is 0.226 e. The summed E-state index contributed by atoms with van der Waals surface area (Å²) >= 11 is 0. The van der Waals surface area contributed by atoms with Crippen LogP contribution in [-0.2, 0) is 16.0 Å². The van der Waals surface area contributed by atoms with Crippen molar-refractivity contribution < 1.29 is 14.6 Å². The average Bonchev–Trinajstić information content (AvgIpc) is 2.51. The van der Waals surface area contributed by atoms with Crippen molar-refractivity contribution in [3.05, 3.63) is 29.8 Å². The molecule has 1 aliphatic heterocycles. The molecule has 5 heteroatoms. The molecular weight excluding hydrogens is 268 g/mol. The number of anilines is 1. The summed E-state index contributed by atoms with van der Waals surface area (Å²) in [6.45, 7) is 2.60. The monoisotopic (exact) mass is 292 g/mol. The van der Waals surface area contributed by atoms with Crippen LogP contribution in [0.2, 0.25) is 0 Å². The summed E-state index contributed by atoms with van der Waals surface area (Å²) in [6, 6.07) is 7.54. The summed E-state index contributed by atoms with van der Waals surface area (Å²) in [5, 5.41) is 15.0. The Balaban J connectivity index is 1.66.